The number of furan rings is 1. The third kappa shape index (κ3) is 3.55. The maximum Gasteiger partial charge on any atom is 0.105 e. The predicted octanol–water partition coefficient (Wildman–Crippen LogP) is 4.47. The van der Waals surface area contributed by atoms with Gasteiger partial charge in [-0.2, -0.15) is 11.8 Å². The van der Waals surface area contributed by atoms with Crippen LogP contribution in [0.2, 0.25) is 0 Å². The Morgan fingerprint density at radius 1 is 1.33 bits per heavy atom. The molecular weight excluding hydrogens is 242 g/mol. The van der Waals surface area contributed by atoms with Gasteiger partial charge in [0.2, 0.25) is 0 Å². The zero-order chi connectivity index (χ0) is 13.8. The summed E-state index contributed by atoms with van der Waals surface area (Å²) >= 11 is 1.98. The van der Waals surface area contributed by atoms with Crippen molar-refractivity contribution >= 4 is 11.8 Å². The molecule has 1 unspecified atom stereocenters. The van der Waals surface area contributed by atoms with Crippen LogP contribution in [0.4, 0.5) is 0 Å². The zero-order valence-electron chi connectivity index (χ0n) is 12.6. The molecule has 0 saturated carbocycles. The lowest BCUT2D eigenvalue weighted by atomic mass is 10.0. The number of aryl methyl sites for hydroxylation is 2. The Balaban J connectivity index is 2.65. The molecule has 0 fully saturated rings. The molecule has 0 amide bonds. The fourth-order valence-electron chi connectivity index (χ4n) is 2.39. The lowest BCUT2D eigenvalue weighted by molar-refractivity contribution is 0.450. The van der Waals surface area contributed by atoms with E-state index in [1.807, 2.05) is 25.6 Å². The van der Waals surface area contributed by atoms with Crippen molar-refractivity contribution in [3.05, 3.63) is 23.2 Å². The molecule has 0 saturated heterocycles. The third-order valence-corrected chi connectivity index (χ3v) is 5.59. The highest BCUT2D eigenvalue weighted by molar-refractivity contribution is 8.00. The van der Waals surface area contributed by atoms with Gasteiger partial charge in [-0.05, 0) is 45.9 Å². The smallest absolute Gasteiger partial charge is 0.105 e. The number of hydrogen-bond acceptors (Lipinski definition) is 3. The highest BCUT2D eigenvalue weighted by Crippen LogP contribution is 2.31. The van der Waals surface area contributed by atoms with Crippen molar-refractivity contribution in [2.75, 3.05) is 12.8 Å². The minimum Gasteiger partial charge on any atom is -0.466 e. The molecule has 104 valence electrons. The van der Waals surface area contributed by atoms with Crippen LogP contribution in [-0.4, -0.2) is 17.5 Å². The van der Waals surface area contributed by atoms with E-state index in [1.165, 1.54) is 18.4 Å². The zero-order valence-corrected chi connectivity index (χ0v) is 13.4. The van der Waals surface area contributed by atoms with Gasteiger partial charge < -0.3 is 9.73 Å². The summed E-state index contributed by atoms with van der Waals surface area (Å²) in [4.78, 5) is 0. The van der Waals surface area contributed by atoms with Gasteiger partial charge in [-0.1, -0.05) is 13.8 Å². The number of thioether (sulfide) groups is 1. The summed E-state index contributed by atoms with van der Waals surface area (Å²) in [5.41, 5.74) is 1.29. The van der Waals surface area contributed by atoms with Crippen LogP contribution in [0.1, 0.15) is 56.7 Å². The fraction of sp³-hybridized carbons (Fsp3) is 0.733. The molecule has 1 heterocycles. The van der Waals surface area contributed by atoms with Gasteiger partial charge in [-0.3, -0.25) is 0 Å². The Labute approximate surface area is 116 Å². The molecule has 2 nitrogen and oxygen atoms in total. The van der Waals surface area contributed by atoms with Gasteiger partial charge in [0, 0.05) is 22.9 Å². The Morgan fingerprint density at radius 3 is 2.33 bits per heavy atom. The molecule has 1 aromatic rings. The minimum absolute atomic E-state index is 0.354. The average Bonchev–Trinajstić information content (AvgIpc) is 2.70. The predicted molar refractivity (Wildman–Crippen MR) is 81.4 cm³/mol. The quantitative estimate of drug-likeness (QED) is 0.790. The lowest BCUT2D eigenvalue weighted by Crippen LogP contribution is -2.37. The molecule has 3 heteroatoms. The van der Waals surface area contributed by atoms with Crippen LogP contribution < -0.4 is 5.32 Å². The Hall–Kier alpha value is -0.410. The topological polar surface area (TPSA) is 25.2 Å². The van der Waals surface area contributed by atoms with Crippen LogP contribution in [-0.2, 0) is 0 Å². The first kappa shape index (κ1) is 15.6. The van der Waals surface area contributed by atoms with Crippen molar-refractivity contribution in [2.24, 2.45) is 0 Å². The average molecular weight is 269 g/mol. The van der Waals surface area contributed by atoms with Gasteiger partial charge in [0.05, 0.1) is 0 Å². The first-order valence-corrected chi connectivity index (χ1v) is 8.06. The van der Waals surface area contributed by atoms with E-state index in [4.69, 9.17) is 4.42 Å². The molecule has 0 aliphatic carbocycles. The van der Waals surface area contributed by atoms with Gasteiger partial charge in [-0.15, -0.1) is 0 Å². The third-order valence-electron chi connectivity index (χ3n) is 4.00. The molecule has 1 atom stereocenters. The van der Waals surface area contributed by atoms with E-state index in [-0.39, 0.29) is 0 Å². The SMILES string of the molecule is CCC(CC)(CNC(C)c1cc(C)oc1C)SC. The molecule has 1 rings (SSSR count). The largest absolute Gasteiger partial charge is 0.466 e. The van der Waals surface area contributed by atoms with Crippen molar-refractivity contribution in [3.8, 4) is 0 Å². The van der Waals surface area contributed by atoms with Crippen molar-refractivity contribution in [3.63, 3.8) is 0 Å². The molecule has 0 aromatic carbocycles. The van der Waals surface area contributed by atoms with Crippen molar-refractivity contribution in [2.45, 2.75) is 58.2 Å². The van der Waals surface area contributed by atoms with Crippen molar-refractivity contribution < 1.29 is 4.42 Å². The molecule has 0 aliphatic rings. The highest BCUT2D eigenvalue weighted by Gasteiger charge is 2.25. The Bertz CT molecular complexity index is 360. The normalized spacial score (nSPS) is 13.9. The van der Waals surface area contributed by atoms with Gasteiger partial charge in [0.15, 0.2) is 0 Å². The molecule has 0 radical (unpaired) electrons. The van der Waals surface area contributed by atoms with Gasteiger partial charge in [0.25, 0.3) is 0 Å². The van der Waals surface area contributed by atoms with Crippen LogP contribution in [0.15, 0.2) is 10.5 Å². The monoisotopic (exact) mass is 269 g/mol. The number of rotatable bonds is 7. The van der Waals surface area contributed by atoms with Crippen LogP contribution in [0.3, 0.4) is 0 Å². The van der Waals surface area contributed by atoms with Crippen LogP contribution in [0.25, 0.3) is 0 Å². The molecule has 1 N–H and O–H groups in total. The van der Waals surface area contributed by atoms with Gasteiger partial charge in [-0.25, -0.2) is 0 Å². The summed E-state index contributed by atoms with van der Waals surface area (Å²) in [6.45, 7) is 11.9. The maximum atomic E-state index is 5.60. The van der Waals surface area contributed by atoms with E-state index < -0.39 is 0 Å². The maximum absolute atomic E-state index is 5.60. The van der Waals surface area contributed by atoms with E-state index in [2.05, 4.69) is 38.4 Å². The summed E-state index contributed by atoms with van der Waals surface area (Å²) in [5, 5.41) is 3.67. The van der Waals surface area contributed by atoms with Crippen LogP contribution in [0, 0.1) is 13.8 Å². The lowest BCUT2D eigenvalue weighted by Gasteiger charge is -2.31. The summed E-state index contributed by atoms with van der Waals surface area (Å²) < 4.78 is 5.96. The molecule has 0 aliphatic heterocycles. The standard InChI is InChI=1S/C15H27NOS/c1-7-15(8-2,18-6)10-16-12(4)14-9-11(3)17-13(14)5/h9,12,16H,7-8,10H2,1-6H3. The van der Waals surface area contributed by atoms with E-state index >= 15 is 0 Å². The van der Waals surface area contributed by atoms with E-state index in [0.717, 1.165) is 18.1 Å². The van der Waals surface area contributed by atoms with E-state index in [0.29, 0.717) is 10.8 Å². The first-order chi connectivity index (χ1) is 8.48. The van der Waals surface area contributed by atoms with Gasteiger partial charge in [0.1, 0.15) is 11.5 Å². The summed E-state index contributed by atoms with van der Waals surface area (Å²) in [7, 11) is 0. The minimum atomic E-state index is 0.354. The second-order valence-electron chi connectivity index (χ2n) is 5.07. The summed E-state index contributed by atoms with van der Waals surface area (Å²) in [5.74, 6) is 2.04. The van der Waals surface area contributed by atoms with E-state index in [9.17, 15) is 0 Å². The Morgan fingerprint density at radius 2 is 1.94 bits per heavy atom. The second kappa shape index (κ2) is 6.67. The van der Waals surface area contributed by atoms with Crippen LogP contribution in [0.5, 0.6) is 0 Å². The fourth-order valence-corrected chi connectivity index (χ4v) is 3.20. The molecule has 1 aromatic heterocycles. The van der Waals surface area contributed by atoms with E-state index in [1.54, 1.807) is 0 Å². The highest BCUT2D eigenvalue weighted by atomic mass is 32.2. The Kier molecular flexibility index (Phi) is 5.80. The molecule has 0 spiro atoms. The first-order valence-electron chi connectivity index (χ1n) is 6.83. The van der Waals surface area contributed by atoms with Gasteiger partial charge >= 0.3 is 0 Å². The second-order valence-corrected chi connectivity index (χ2v) is 6.34. The number of hydrogen-bond donors (Lipinski definition) is 1. The van der Waals surface area contributed by atoms with Crippen LogP contribution >= 0.6 is 11.8 Å². The summed E-state index contributed by atoms with van der Waals surface area (Å²) in [6.07, 6.45) is 4.62. The van der Waals surface area contributed by atoms with Crippen molar-refractivity contribution in [1.82, 2.24) is 5.32 Å². The summed E-state index contributed by atoms with van der Waals surface area (Å²) in [6, 6.07) is 2.50. The number of nitrogens with one attached hydrogen (secondary N) is 1. The molecular formula is C15H27NOS. The molecule has 0 bridgehead atoms. The van der Waals surface area contributed by atoms with Crippen molar-refractivity contribution in [1.29, 1.82) is 0 Å². The molecule has 18 heavy (non-hydrogen) atoms.